The third kappa shape index (κ3) is 3.32. The van der Waals surface area contributed by atoms with E-state index in [1.165, 1.54) is 13.2 Å². The van der Waals surface area contributed by atoms with Gasteiger partial charge in [0.2, 0.25) is 0 Å². The van der Waals surface area contributed by atoms with Crippen LogP contribution in [0.5, 0.6) is 0 Å². The number of carboxylic acid groups (broad SMARTS) is 1. The Morgan fingerprint density at radius 1 is 1.53 bits per heavy atom. The molecule has 0 bridgehead atoms. The van der Waals surface area contributed by atoms with Gasteiger partial charge in [-0.3, -0.25) is 10.1 Å². The number of carbonyl (C=O) groups excluding carboxylic acids is 1. The molecule has 1 aromatic heterocycles. The standard InChI is InChI=1S/C11H15NO5/c1-11(2,10(15)16-3)12-5-8-4-7(6-17-8)9(13)14/h4,6,12H,5H2,1-3H3,(H,13,14). The fourth-order valence-corrected chi connectivity index (χ4v) is 1.22. The number of rotatable bonds is 5. The van der Waals surface area contributed by atoms with Gasteiger partial charge >= 0.3 is 11.9 Å². The summed E-state index contributed by atoms with van der Waals surface area (Å²) in [6.45, 7) is 3.58. The maximum absolute atomic E-state index is 11.4. The van der Waals surface area contributed by atoms with E-state index in [1.807, 2.05) is 0 Å². The van der Waals surface area contributed by atoms with Gasteiger partial charge in [0.25, 0.3) is 0 Å². The van der Waals surface area contributed by atoms with Crippen LogP contribution in [0.25, 0.3) is 0 Å². The van der Waals surface area contributed by atoms with Gasteiger partial charge in [0.1, 0.15) is 17.6 Å². The molecule has 2 N–H and O–H groups in total. The molecule has 0 aliphatic rings. The number of esters is 1. The molecule has 0 amide bonds. The van der Waals surface area contributed by atoms with Gasteiger partial charge in [0.05, 0.1) is 19.2 Å². The molecule has 6 nitrogen and oxygen atoms in total. The molecule has 0 atom stereocenters. The van der Waals surface area contributed by atoms with E-state index in [-0.39, 0.29) is 12.1 Å². The van der Waals surface area contributed by atoms with Crippen LogP contribution in [0.1, 0.15) is 30.0 Å². The highest BCUT2D eigenvalue weighted by Gasteiger charge is 2.28. The van der Waals surface area contributed by atoms with Crippen molar-refractivity contribution in [1.82, 2.24) is 5.32 Å². The van der Waals surface area contributed by atoms with E-state index < -0.39 is 17.5 Å². The first kappa shape index (κ1) is 13.2. The number of nitrogens with one attached hydrogen (secondary N) is 1. The molecule has 0 aromatic carbocycles. The minimum Gasteiger partial charge on any atom is -0.478 e. The largest absolute Gasteiger partial charge is 0.478 e. The first-order valence-corrected chi connectivity index (χ1v) is 5.01. The second-order valence-electron chi connectivity index (χ2n) is 4.08. The molecule has 0 saturated carbocycles. The van der Waals surface area contributed by atoms with Crippen LogP contribution in [0.4, 0.5) is 0 Å². The number of hydrogen-bond acceptors (Lipinski definition) is 5. The van der Waals surface area contributed by atoms with Crippen molar-refractivity contribution in [2.45, 2.75) is 25.9 Å². The lowest BCUT2D eigenvalue weighted by atomic mass is 10.1. The average Bonchev–Trinajstić information content (AvgIpc) is 2.74. The number of hydrogen-bond donors (Lipinski definition) is 2. The molecule has 0 aliphatic carbocycles. The van der Waals surface area contributed by atoms with E-state index in [0.717, 1.165) is 6.26 Å². The topological polar surface area (TPSA) is 88.8 Å². The highest BCUT2D eigenvalue weighted by atomic mass is 16.5. The smallest absolute Gasteiger partial charge is 0.338 e. The highest BCUT2D eigenvalue weighted by Crippen LogP contribution is 2.10. The Balaban J connectivity index is 2.61. The van der Waals surface area contributed by atoms with Crippen molar-refractivity contribution >= 4 is 11.9 Å². The van der Waals surface area contributed by atoms with Crippen molar-refractivity contribution in [2.75, 3.05) is 7.11 Å². The molecular formula is C11H15NO5. The summed E-state index contributed by atoms with van der Waals surface area (Å²) < 4.78 is 9.66. The van der Waals surface area contributed by atoms with Crippen LogP contribution in [0, 0.1) is 0 Å². The summed E-state index contributed by atoms with van der Waals surface area (Å²) in [4.78, 5) is 22.0. The molecule has 6 heteroatoms. The zero-order valence-corrected chi connectivity index (χ0v) is 9.94. The number of carbonyl (C=O) groups is 2. The molecule has 0 spiro atoms. The third-order valence-corrected chi connectivity index (χ3v) is 2.30. The summed E-state index contributed by atoms with van der Waals surface area (Å²) in [5.74, 6) is -1.01. The Morgan fingerprint density at radius 3 is 2.65 bits per heavy atom. The van der Waals surface area contributed by atoms with Crippen molar-refractivity contribution < 1.29 is 23.8 Å². The molecule has 94 valence electrons. The zero-order valence-electron chi connectivity index (χ0n) is 9.94. The molecule has 1 aromatic rings. The molecule has 1 rings (SSSR count). The normalized spacial score (nSPS) is 11.2. The zero-order chi connectivity index (χ0) is 13.1. The minimum absolute atomic E-state index is 0.0812. The van der Waals surface area contributed by atoms with E-state index in [2.05, 4.69) is 10.1 Å². The second-order valence-corrected chi connectivity index (χ2v) is 4.08. The fourth-order valence-electron chi connectivity index (χ4n) is 1.22. The van der Waals surface area contributed by atoms with Gasteiger partial charge in [-0.25, -0.2) is 4.79 Å². The molecule has 0 radical (unpaired) electrons. The van der Waals surface area contributed by atoms with Crippen molar-refractivity contribution in [1.29, 1.82) is 0 Å². The molecule has 0 unspecified atom stereocenters. The van der Waals surface area contributed by atoms with E-state index in [9.17, 15) is 9.59 Å². The number of carboxylic acids is 1. The lowest BCUT2D eigenvalue weighted by Crippen LogP contribution is -2.46. The lowest BCUT2D eigenvalue weighted by molar-refractivity contribution is -0.147. The number of methoxy groups -OCH3 is 1. The highest BCUT2D eigenvalue weighted by molar-refractivity contribution is 5.87. The molecular weight excluding hydrogens is 226 g/mol. The van der Waals surface area contributed by atoms with Crippen LogP contribution in [-0.4, -0.2) is 29.7 Å². The van der Waals surface area contributed by atoms with Crippen molar-refractivity contribution in [3.8, 4) is 0 Å². The van der Waals surface area contributed by atoms with Gasteiger partial charge in [0, 0.05) is 0 Å². The molecule has 1 heterocycles. The van der Waals surface area contributed by atoms with Crippen LogP contribution in [-0.2, 0) is 16.1 Å². The van der Waals surface area contributed by atoms with E-state index >= 15 is 0 Å². The third-order valence-electron chi connectivity index (χ3n) is 2.30. The Bertz CT molecular complexity index is 421. The summed E-state index contributed by atoms with van der Waals surface area (Å²) >= 11 is 0. The Hall–Kier alpha value is -1.82. The predicted molar refractivity (Wildman–Crippen MR) is 58.6 cm³/mol. The van der Waals surface area contributed by atoms with Crippen molar-refractivity contribution in [2.24, 2.45) is 0 Å². The quantitative estimate of drug-likeness (QED) is 0.748. The summed E-state index contributed by atoms with van der Waals surface area (Å²) in [5, 5.41) is 11.6. The monoisotopic (exact) mass is 241 g/mol. The second kappa shape index (κ2) is 5.01. The summed E-state index contributed by atoms with van der Waals surface area (Å²) in [5.41, 5.74) is -0.775. The van der Waals surface area contributed by atoms with Gasteiger partial charge < -0.3 is 14.3 Å². The van der Waals surface area contributed by atoms with Crippen LogP contribution in [0.3, 0.4) is 0 Å². The van der Waals surface area contributed by atoms with Crippen molar-refractivity contribution in [3.05, 3.63) is 23.7 Å². The van der Waals surface area contributed by atoms with E-state index in [1.54, 1.807) is 13.8 Å². The molecule has 0 fully saturated rings. The molecule has 0 saturated heterocycles. The first-order chi connectivity index (χ1) is 7.86. The van der Waals surface area contributed by atoms with Gasteiger partial charge in [-0.2, -0.15) is 0 Å². The maximum Gasteiger partial charge on any atom is 0.338 e. The first-order valence-electron chi connectivity index (χ1n) is 5.01. The van der Waals surface area contributed by atoms with Gasteiger partial charge in [-0.05, 0) is 19.9 Å². The van der Waals surface area contributed by atoms with Crippen LogP contribution in [0.15, 0.2) is 16.7 Å². The van der Waals surface area contributed by atoms with Gasteiger partial charge in [-0.15, -0.1) is 0 Å². The summed E-state index contributed by atoms with van der Waals surface area (Å²) in [6, 6.07) is 1.41. The fraction of sp³-hybridized carbons (Fsp3) is 0.455. The minimum atomic E-state index is -1.05. The molecule has 0 aliphatic heterocycles. The average molecular weight is 241 g/mol. The molecule has 17 heavy (non-hydrogen) atoms. The summed E-state index contributed by atoms with van der Waals surface area (Å²) in [6.07, 6.45) is 1.16. The van der Waals surface area contributed by atoms with Gasteiger partial charge in [0.15, 0.2) is 0 Å². The Labute approximate surface area is 98.6 Å². The maximum atomic E-state index is 11.4. The number of ether oxygens (including phenoxy) is 1. The van der Waals surface area contributed by atoms with E-state index in [0.29, 0.717) is 5.76 Å². The Morgan fingerprint density at radius 2 is 2.18 bits per heavy atom. The lowest BCUT2D eigenvalue weighted by Gasteiger charge is -2.22. The predicted octanol–water partition coefficient (Wildman–Crippen LogP) is 1.02. The van der Waals surface area contributed by atoms with Crippen molar-refractivity contribution in [3.63, 3.8) is 0 Å². The number of furan rings is 1. The SMILES string of the molecule is COC(=O)C(C)(C)NCc1cc(C(=O)O)co1. The van der Waals surface area contributed by atoms with E-state index in [4.69, 9.17) is 9.52 Å². The van der Waals surface area contributed by atoms with Crippen LogP contribution < -0.4 is 5.32 Å². The van der Waals surface area contributed by atoms with Crippen LogP contribution in [0.2, 0.25) is 0 Å². The summed E-state index contributed by atoms with van der Waals surface area (Å²) in [7, 11) is 1.31. The number of aromatic carboxylic acids is 1. The van der Waals surface area contributed by atoms with Crippen LogP contribution >= 0.6 is 0 Å². The van der Waals surface area contributed by atoms with Gasteiger partial charge in [-0.1, -0.05) is 0 Å². The Kier molecular flexibility index (Phi) is 3.90.